The summed E-state index contributed by atoms with van der Waals surface area (Å²) in [7, 11) is 1.44. The molecule has 0 radical (unpaired) electrons. The van der Waals surface area contributed by atoms with Crippen LogP contribution < -0.4 is 5.32 Å². The number of methoxy groups -OCH3 is 1. The van der Waals surface area contributed by atoms with Gasteiger partial charge in [-0.2, -0.15) is 0 Å². The number of esters is 1. The van der Waals surface area contributed by atoms with E-state index in [4.69, 9.17) is 9.47 Å². The molecule has 0 bridgehead atoms. The van der Waals surface area contributed by atoms with Gasteiger partial charge >= 0.3 is 5.97 Å². The maximum Gasteiger partial charge on any atom is 0.325 e. The van der Waals surface area contributed by atoms with E-state index < -0.39 is 5.54 Å². The first kappa shape index (κ1) is 17.4. The third-order valence-electron chi connectivity index (χ3n) is 4.04. The molecule has 1 unspecified atom stereocenters. The van der Waals surface area contributed by atoms with Crippen molar-refractivity contribution >= 4 is 5.97 Å². The van der Waals surface area contributed by atoms with Gasteiger partial charge in [0.05, 0.1) is 7.11 Å². The predicted molar refractivity (Wildman–Crippen MR) is 80.7 cm³/mol. The topological polar surface area (TPSA) is 47.6 Å². The highest BCUT2D eigenvalue weighted by atomic mass is 16.5. The predicted octanol–water partition coefficient (Wildman–Crippen LogP) is 2.90. The maximum atomic E-state index is 11.9. The number of nitrogens with one attached hydrogen (secondary N) is 1. The van der Waals surface area contributed by atoms with Crippen LogP contribution >= 0.6 is 0 Å². The number of carbonyl (C=O) groups is 1. The SMILES string of the molecule is COC(=O)C(C)(CCCOCC1CCCC1)NC(C)C. The van der Waals surface area contributed by atoms with E-state index >= 15 is 0 Å². The molecule has 20 heavy (non-hydrogen) atoms. The van der Waals surface area contributed by atoms with Crippen molar-refractivity contribution in [2.24, 2.45) is 5.92 Å². The van der Waals surface area contributed by atoms with E-state index in [1.807, 2.05) is 20.8 Å². The molecule has 1 aliphatic carbocycles. The molecule has 0 saturated heterocycles. The Kier molecular flexibility index (Phi) is 7.52. The second kappa shape index (κ2) is 8.63. The Hall–Kier alpha value is -0.610. The van der Waals surface area contributed by atoms with Gasteiger partial charge in [0, 0.05) is 19.3 Å². The summed E-state index contributed by atoms with van der Waals surface area (Å²) in [4.78, 5) is 11.9. The first-order valence-corrected chi connectivity index (χ1v) is 7.92. The Labute approximate surface area is 123 Å². The minimum Gasteiger partial charge on any atom is -0.468 e. The first-order chi connectivity index (χ1) is 9.48. The molecular formula is C16H31NO3. The zero-order chi connectivity index (χ0) is 15.0. The van der Waals surface area contributed by atoms with Crippen molar-refractivity contribution in [3.63, 3.8) is 0 Å². The van der Waals surface area contributed by atoms with E-state index in [9.17, 15) is 4.79 Å². The molecule has 0 aromatic carbocycles. The Balaban J connectivity index is 2.25. The molecule has 0 heterocycles. The lowest BCUT2D eigenvalue weighted by Crippen LogP contribution is -2.53. The molecule has 1 aliphatic rings. The summed E-state index contributed by atoms with van der Waals surface area (Å²) >= 11 is 0. The Morgan fingerprint density at radius 3 is 2.55 bits per heavy atom. The number of hydrogen-bond acceptors (Lipinski definition) is 4. The van der Waals surface area contributed by atoms with Crippen LogP contribution in [0.4, 0.5) is 0 Å². The van der Waals surface area contributed by atoms with E-state index in [1.165, 1.54) is 32.8 Å². The second-order valence-electron chi connectivity index (χ2n) is 6.45. The van der Waals surface area contributed by atoms with Gasteiger partial charge in [0.15, 0.2) is 0 Å². The van der Waals surface area contributed by atoms with Gasteiger partial charge in [-0.15, -0.1) is 0 Å². The van der Waals surface area contributed by atoms with Crippen molar-refractivity contribution in [1.29, 1.82) is 0 Å². The highest BCUT2D eigenvalue weighted by Gasteiger charge is 2.34. The minimum atomic E-state index is -0.611. The van der Waals surface area contributed by atoms with Gasteiger partial charge < -0.3 is 9.47 Å². The summed E-state index contributed by atoms with van der Waals surface area (Å²) in [6, 6.07) is 0.249. The molecule has 118 valence electrons. The van der Waals surface area contributed by atoms with E-state index in [0.717, 1.165) is 32.0 Å². The molecule has 1 fully saturated rings. The highest BCUT2D eigenvalue weighted by molar-refractivity contribution is 5.80. The van der Waals surface area contributed by atoms with Crippen LogP contribution in [0, 0.1) is 5.92 Å². The third-order valence-corrected chi connectivity index (χ3v) is 4.04. The summed E-state index contributed by atoms with van der Waals surface area (Å²) in [5.41, 5.74) is -0.611. The monoisotopic (exact) mass is 285 g/mol. The summed E-state index contributed by atoms with van der Waals surface area (Å²) in [6.07, 6.45) is 6.95. The van der Waals surface area contributed by atoms with Crippen LogP contribution in [0.15, 0.2) is 0 Å². The highest BCUT2D eigenvalue weighted by Crippen LogP contribution is 2.25. The van der Waals surface area contributed by atoms with E-state index in [1.54, 1.807) is 0 Å². The second-order valence-corrected chi connectivity index (χ2v) is 6.45. The molecule has 1 rings (SSSR count). The van der Waals surface area contributed by atoms with Gasteiger partial charge in [-0.05, 0) is 52.4 Å². The van der Waals surface area contributed by atoms with Gasteiger partial charge in [0.25, 0.3) is 0 Å². The van der Waals surface area contributed by atoms with Crippen LogP contribution in [-0.2, 0) is 14.3 Å². The molecule has 1 atom stereocenters. The van der Waals surface area contributed by atoms with Gasteiger partial charge in [-0.1, -0.05) is 12.8 Å². The lowest BCUT2D eigenvalue weighted by molar-refractivity contribution is -0.148. The van der Waals surface area contributed by atoms with Gasteiger partial charge in [-0.3, -0.25) is 10.1 Å². The molecule has 0 aliphatic heterocycles. The average Bonchev–Trinajstić information content (AvgIpc) is 2.89. The smallest absolute Gasteiger partial charge is 0.325 e. The van der Waals surface area contributed by atoms with Gasteiger partial charge in [0.2, 0.25) is 0 Å². The lowest BCUT2D eigenvalue weighted by atomic mass is 9.95. The average molecular weight is 285 g/mol. The van der Waals surface area contributed by atoms with Crippen LogP contribution in [-0.4, -0.2) is 37.9 Å². The summed E-state index contributed by atoms with van der Waals surface area (Å²) < 4.78 is 10.7. The Bertz CT molecular complexity index is 287. The maximum absolute atomic E-state index is 11.9. The molecule has 1 N–H and O–H groups in total. The molecular weight excluding hydrogens is 254 g/mol. The largest absolute Gasteiger partial charge is 0.468 e. The summed E-state index contributed by atoms with van der Waals surface area (Å²) in [6.45, 7) is 7.60. The number of hydrogen-bond donors (Lipinski definition) is 1. The van der Waals surface area contributed by atoms with Gasteiger partial charge in [-0.25, -0.2) is 0 Å². The summed E-state index contributed by atoms with van der Waals surface area (Å²) in [5.74, 6) is 0.567. The number of rotatable bonds is 9. The normalized spacial score (nSPS) is 19.2. The Morgan fingerprint density at radius 2 is 2.00 bits per heavy atom. The molecule has 1 saturated carbocycles. The minimum absolute atomic E-state index is 0.193. The molecule has 0 aromatic heterocycles. The zero-order valence-electron chi connectivity index (χ0n) is 13.5. The van der Waals surface area contributed by atoms with Crippen molar-refractivity contribution in [1.82, 2.24) is 5.32 Å². The van der Waals surface area contributed by atoms with Crippen LogP contribution in [0.1, 0.15) is 59.3 Å². The zero-order valence-corrected chi connectivity index (χ0v) is 13.5. The van der Waals surface area contributed by atoms with Crippen molar-refractivity contribution in [2.45, 2.75) is 70.9 Å². The molecule has 4 nitrogen and oxygen atoms in total. The quantitative estimate of drug-likeness (QED) is 0.523. The van der Waals surface area contributed by atoms with Crippen LogP contribution in [0.3, 0.4) is 0 Å². The van der Waals surface area contributed by atoms with Crippen molar-refractivity contribution < 1.29 is 14.3 Å². The fraction of sp³-hybridized carbons (Fsp3) is 0.938. The summed E-state index contributed by atoms with van der Waals surface area (Å²) in [5, 5.41) is 3.31. The van der Waals surface area contributed by atoms with Crippen LogP contribution in [0.2, 0.25) is 0 Å². The lowest BCUT2D eigenvalue weighted by Gasteiger charge is -2.30. The fourth-order valence-electron chi connectivity index (χ4n) is 3.05. The van der Waals surface area contributed by atoms with E-state index in [-0.39, 0.29) is 12.0 Å². The van der Waals surface area contributed by atoms with E-state index in [2.05, 4.69) is 5.32 Å². The Morgan fingerprint density at radius 1 is 1.35 bits per heavy atom. The fourth-order valence-corrected chi connectivity index (χ4v) is 3.05. The van der Waals surface area contributed by atoms with Crippen molar-refractivity contribution in [2.75, 3.05) is 20.3 Å². The number of ether oxygens (including phenoxy) is 2. The standard InChI is InChI=1S/C16H31NO3/c1-13(2)17-16(3,15(18)19-4)10-7-11-20-12-14-8-5-6-9-14/h13-14,17H,5-12H2,1-4H3. The molecule has 0 aromatic rings. The molecule has 4 heteroatoms. The molecule has 0 spiro atoms. The van der Waals surface area contributed by atoms with Crippen molar-refractivity contribution in [3.05, 3.63) is 0 Å². The molecule has 0 amide bonds. The van der Waals surface area contributed by atoms with Gasteiger partial charge in [0.1, 0.15) is 5.54 Å². The third kappa shape index (κ3) is 5.80. The van der Waals surface area contributed by atoms with Crippen molar-refractivity contribution in [3.8, 4) is 0 Å². The van der Waals surface area contributed by atoms with E-state index in [0.29, 0.717) is 0 Å². The number of carbonyl (C=O) groups excluding carboxylic acids is 1. The van der Waals surface area contributed by atoms with Crippen LogP contribution in [0.5, 0.6) is 0 Å². The van der Waals surface area contributed by atoms with Crippen LogP contribution in [0.25, 0.3) is 0 Å². The first-order valence-electron chi connectivity index (χ1n) is 7.92.